The minimum atomic E-state index is 0.321. The van der Waals surface area contributed by atoms with Gasteiger partial charge in [-0.15, -0.1) is 0 Å². The first-order chi connectivity index (χ1) is 9.36. The van der Waals surface area contributed by atoms with Gasteiger partial charge >= 0.3 is 0 Å². The summed E-state index contributed by atoms with van der Waals surface area (Å²) in [5.41, 5.74) is 1.54. The Morgan fingerprint density at radius 3 is 2.58 bits per heavy atom. The van der Waals surface area contributed by atoms with Crippen molar-refractivity contribution in [2.75, 3.05) is 11.9 Å². The van der Waals surface area contributed by atoms with E-state index in [1.165, 1.54) is 0 Å². The summed E-state index contributed by atoms with van der Waals surface area (Å²) in [6, 6.07) is 9.62. The Hall–Kier alpha value is -2.70. The molecule has 3 aromatic rings. The van der Waals surface area contributed by atoms with Crippen molar-refractivity contribution < 1.29 is 9.37 Å². The van der Waals surface area contributed by atoms with Gasteiger partial charge in [0.05, 0.1) is 6.61 Å². The number of nitrogens with zero attached hydrogens (tertiary/aromatic N) is 4. The summed E-state index contributed by atoms with van der Waals surface area (Å²) in [7, 11) is 0. The maximum absolute atomic E-state index is 5.44. The van der Waals surface area contributed by atoms with E-state index in [-0.39, 0.29) is 0 Å². The van der Waals surface area contributed by atoms with Crippen LogP contribution in [0.4, 0.5) is 11.5 Å². The Balaban J connectivity index is 2.02. The third kappa shape index (κ3) is 2.30. The zero-order valence-corrected chi connectivity index (χ0v) is 10.2. The monoisotopic (exact) mass is 257 g/mol. The molecule has 0 aliphatic rings. The summed E-state index contributed by atoms with van der Waals surface area (Å²) in [5.74, 6) is 0.853. The fourth-order valence-electron chi connectivity index (χ4n) is 1.60. The van der Waals surface area contributed by atoms with Crippen LogP contribution in [0.2, 0.25) is 0 Å². The molecular formula is C12H11N5O2. The number of anilines is 2. The topological polar surface area (TPSA) is 86.0 Å². The molecule has 2 heterocycles. The molecule has 0 saturated heterocycles. The van der Waals surface area contributed by atoms with Crippen molar-refractivity contribution in [1.29, 1.82) is 0 Å². The molecule has 19 heavy (non-hydrogen) atoms. The van der Waals surface area contributed by atoms with Gasteiger partial charge in [0.2, 0.25) is 11.3 Å². The molecular weight excluding hydrogens is 246 g/mol. The molecule has 1 aromatic carbocycles. The molecule has 0 bridgehead atoms. The number of nitrogens with one attached hydrogen (secondary N) is 1. The second-order valence-electron chi connectivity index (χ2n) is 3.71. The second-order valence-corrected chi connectivity index (χ2v) is 3.71. The van der Waals surface area contributed by atoms with E-state index in [1.807, 2.05) is 37.3 Å². The standard InChI is InChI=1S/C12H11N5O2/c1-2-18-12-11(13-8-6-4-3-5-7-8)14-9-10(15-12)17-19-16-9/h3-7H,2H2,1H3,(H,13,14,16). The van der Waals surface area contributed by atoms with Crippen LogP contribution in [-0.2, 0) is 0 Å². The lowest BCUT2D eigenvalue weighted by Gasteiger charge is -2.09. The Morgan fingerprint density at radius 2 is 1.84 bits per heavy atom. The molecule has 7 nitrogen and oxygen atoms in total. The van der Waals surface area contributed by atoms with Crippen LogP contribution in [0.1, 0.15) is 6.92 Å². The molecule has 0 unspecified atom stereocenters. The molecule has 0 atom stereocenters. The van der Waals surface area contributed by atoms with E-state index < -0.39 is 0 Å². The molecule has 96 valence electrons. The zero-order valence-electron chi connectivity index (χ0n) is 10.2. The van der Waals surface area contributed by atoms with Gasteiger partial charge in [0.25, 0.3) is 5.88 Å². The van der Waals surface area contributed by atoms with Gasteiger partial charge < -0.3 is 10.1 Å². The van der Waals surface area contributed by atoms with E-state index in [2.05, 4.69) is 30.2 Å². The lowest BCUT2D eigenvalue weighted by molar-refractivity contribution is 0.312. The molecule has 0 spiro atoms. The third-order valence-electron chi connectivity index (χ3n) is 2.40. The largest absolute Gasteiger partial charge is 0.475 e. The van der Waals surface area contributed by atoms with Crippen molar-refractivity contribution in [3.05, 3.63) is 30.3 Å². The van der Waals surface area contributed by atoms with E-state index in [4.69, 9.17) is 4.74 Å². The van der Waals surface area contributed by atoms with E-state index >= 15 is 0 Å². The molecule has 0 amide bonds. The van der Waals surface area contributed by atoms with Gasteiger partial charge in [-0.1, -0.05) is 18.2 Å². The van der Waals surface area contributed by atoms with Crippen molar-refractivity contribution in [1.82, 2.24) is 20.3 Å². The minimum Gasteiger partial charge on any atom is -0.475 e. The van der Waals surface area contributed by atoms with Gasteiger partial charge in [-0.05, 0) is 29.4 Å². The van der Waals surface area contributed by atoms with E-state index in [1.54, 1.807) is 0 Å². The summed E-state index contributed by atoms with van der Waals surface area (Å²) in [5, 5.41) is 10.4. The highest BCUT2D eigenvalue weighted by molar-refractivity contribution is 5.71. The Kier molecular flexibility index (Phi) is 2.93. The molecule has 0 fully saturated rings. The molecule has 1 N–H and O–H groups in total. The van der Waals surface area contributed by atoms with E-state index in [0.29, 0.717) is 29.6 Å². The van der Waals surface area contributed by atoms with Crippen molar-refractivity contribution in [2.45, 2.75) is 6.92 Å². The summed E-state index contributed by atoms with van der Waals surface area (Å²) in [6.07, 6.45) is 0. The quantitative estimate of drug-likeness (QED) is 0.766. The molecule has 7 heteroatoms. The maximum atomic E-state index is 5.44. The summed E-state index contributed by atoms with van der Waals surface area (Å²) in [6.45, 7) is 2.36. The Labute approximate surface area is 108 Å². The van der Waals surface area contributed by atoms with Crippen LogP contribution in [-0.4, -0.2) is 26.9 Å². The Bertz CT molecular complexity index is 683. The van der Waals surface area contributed by atoms with Crippen molar-refractivity contribution in [3.8, 4) is 5.88 Å². The highest BCUT2D eigenvalue weighted by Gasteiger charge is 2.13. The lowest BCUT2D eigenvalue weighted by Crippen LogP contribution is -2.03. The molecule has 0 radical (unpaired) electrons. The fourth-order valence-corrected chi connectivity index (χ4v) is 1.60. The van der Waals surface area contributed by atoms with Crippen molar-refractivity contribution in [3.63, 3.8) is 0 Å². The molecule has 0 aliphatic carbocycles. The molecule has 3 rings (SSSR count). The first-order valence-electron chi connectivity index (χ1n) is 5.82. The van der Waals surface area contributed by atoms with E-state index in [0.717, 1.165) is 5.69 Å². The van der Waals surface area contributed by atoms with Crippen LogP contribution < -0.4 is 10.1 Å². The van der Waals surface area contributed by atoms with Gasteiger partial charge in [-0.3, -0.25) is 0 Å². The highest BCUT2D eigenvalue weighted by atomic mass is 16.6. The van der Waals surface area contributed by atoms with Crippen LogP contribution in [0, 0.1) is 0 Å². The van der Waals surface area contributed by atoms with Crippen molar-refractivity contribution >= 4 is 22.8 Å². The normalized spacial score (nSPS) is 10.6. The van der Waals surface area contributed by atoms with Gasteiger partial charge in [-0.25, -0.2) is 4.63 Å². The number of rotatable bonds is 4. The lowest BCUT2D eigenvalue weighted by atomic mass is 10.3. The second kappa shape index (κ2) is 4.89. The highest BCUT2D eigenvalue weighted by Crippen LogP contribution is 2.25. The average molecular weight is 257 g/mol. The molecule has 0 aliphatic heterocycles. The van der Waals surface area contributed by atoms with Crippen LogP contribution in [0.5, 0.6) is 5.88 Å². The van der Waals surface area contributed by atoms with Gasteiger partial charge in [0, 0.05) is 5.69 Å². The molecule has 2 aromatic heterocycles. The third-order valence-corrected chi connectivity index (χ3v) is 2.40. The SMILES string of the molecule is CCOc1nc2nonc2nc1Nc1ccccc1. The van der Waals surface area contributed by atoms with Crippen LogP contribution >= 0.6 is 0 Å². The van der Waals surface area contributed by atoms with Crippen LogP contribution in [0.25, 0.3) is 11.3 Å². The minimum absolute atomic E-state index is 0.321. The Morgan fingerprint density at radius 1 is 1.11 bits per heavy atom. The van der Waals surface area contributed by atoms with Crippen molar-refractivity contribution in [2.24, 2.45) is 0 Å². The zero-order chi connectivity index (χ0) is 13.1. The molecule has 0 saturated carbocycles. The number of fused-ring (bicyclic) bond motifs is 1. The first-order valence-corrected chi connectivity index (χ1v) is 5.82. The van der Waals surface area contributed by atoms with E-state index in [9.17, 15) is 0 Å². The predicted molar refractivity (Wildman–Crippen MR) is 68.3 cm³/mol. The predicted octanol–water partition coefficient (Wildman–Crippen LogP) is 2.16. The number of hydrogen-bond acceptors (Lipinski definition) is 7. The van der Waals surface area contributed by atoms with Gasteiger partial charge in [-0.2, -0.15) is 9.97 Å². The number of benzene rings is 1. The summed E-state index contributed by atoms with van der Waals surface area (Å²) in [4.78, 5) is 8.49. The van der Waals surface area contributed by atoms with Crippen LogP contribution in [0.3, 0.4) is 0 Å². The maximum Gasteiger partial charge on any atom is 0.260 e. The van der Waals surface area contributed by atoms with Gasteiger partial charge in [0.15, 0.2) is 5.82 Å². The number of para-hydroxylation sites is 1. The first kappa shape index (κ1) is 11.4. The fraction of sp³-hybridized carbons (Fsp3) is 0.167. The summed E-state index contributed by atoms with van der Waals surface area (Å²) >= 11 is 0. The average Bonchev–Trinajstić information content (AvgIpc) is 2.88. The number of ether oxygens (including phenoxy) is 1. The summed E-state index contributed by atoms with van der Waals surface area (Å²) < 4.78 is 10.0. The van der Waals surface area contributed by atoms with Crippen LogP contribution in [0.15, 0.2) is 35.0 Å². The number of aromatic nitrogens is 4. The smallest absolute Gasteiger partial charge is 0.260 e. The number of hydrogen-bond donors (Lipinski definition) is 1. The van der Waals surface area contributed by atoms with Gasteiger partial charge in [0.1, 0.15) is 0 Å².